The van der Waals surface area contributed by atoms with Crippen molar-refractivity contribution in [3.63, 3.8) is 0 Å². The van der Waals surface area contributed by atoms with Gasteiger partial charge in [-0.1, -0.05) is 6.07 Å². The average molecular weight is 505 g/mol. The van der Waals surface area contributed by atoms with Crippen LogP contribution < -0.4 is 11.2 Å². The number of rotatable bonds is 6. The standard InChI is InChI=1S/C24H25F2N3O7/c1-29(2)18-12-6-10-5-11-9(7-28-36-23(25)26)3-4-14(30)16(11)19(31)15(10)21(33)24(12)13(8-35-24)17(20(18)32)22(27)34/h3-4,8,10,12,18,23,28,30,32-33H,5-7H2,1-2H3,(H2,27,34)/t10-,12-,18-,24+/m0/s1. The van der Waals surface area contributed by atoms with Crippen LogP contribution in [0, 0.1) is 11.8 Å². The van der Waals surface area contributed by atoms with Crippen molar-refractivity contribution in [1.29, 1.82) is 0 Å². The van der Waals surface area contributed by atoms with Gasteiger partial charge in [0.25, 0.3) is 5.91 Å². The Hall–Kier alpha value is -3.48. The number of hydrogen-bond acceptors (Lipinski definition) is 9. The summed E-state index contributed by atoms with van der Waals surface area (Å²) in [6.45, 7) is -3.18. The van der Waals surface area contributed by atoms with E-state index in [1.54, 1.807) is 19.0 Å². The van der Waals surface area contributed by atoms with Gasteiger partial charge in [0.1, 0.15) is 17.3 Å². The highest BCUT2D eigenvalue weighted by Gasteiger charge is 2.66. The highest BCUT2D eigenvalue weighted by molar-refractivity contribution is 6.14. The first-order chi connectivity index (χ1) is 17.0. The number of phenols is 1. The number of ether oxygens (including phenoxy) is 1. The molecular formula is C24H25F2N3O7. The lowest BCUT2D eigenvalue weighted by Crippen LogP contribution is -2.63. The molecule has 1 heterocycles. The molecule has 0 fully saturated rings. The minimum atomic E-state index is -3.04. The summed E-state index contributed by atoms with van der Waals surface area (Å²) in [5, 5.41) is 33.1. The number of primary amides is 1. The van der Waals surface area contributed by atoms with E-state index in [4.69, 9.17) is 10.5 Å². The van der Waals surface area contributed by atoms with Gasteiger partial charge in [-0.15, -0.1) is 0 Å². The molecule has 0 bridgehead atoms. The summed E-state index contributed by atoms with van der Waals surface area (Å²) in [5.74, 6) is -3.59. The number of hydrogen-bond donors (Lipinski definition) is 5. The fourth-order valence-electron chi connectivity index (χ4n) is 6.18. The number of amides is 1. The second kappa shape index (κ2) is 8.29. The predicted octanol–water partition coefficient (Wildman–Crippen LogP) is 1.72. The zero-order valence-electron chi connectivity index (χ0n) is 19.4. The summed E-state index contributed by atoms with van der Waals surface area (Å²) in [6.07, 6.45) is 1.72. The highest BCUT2D eigenvalue weighted by atomic mass is 19.3. The maximum atomic E-state index is 13.7. The quantitative estimate of drug-likeness (QED) is 0.364. The molecule has 36 heavy (non-hydrogen) atoms. The van der Waals surface area contributed by atoms with E-state index in [-0.39, 0.29) is 58.9 Å². The van der Waals surface area contributed by atoms with Crippen LogP contribution in [0.4, 0.5) is 8.78 Å². The Balaban J connectivity index is 1.63. The Morgan fingerprint density at radius 3 is 2.64 bits per heavy atom. The van der Waals surface area contributed by atoms with E-state index in [2.05, 4.69) is 10.3 Å². The molecule has 0 radical (unpaired) electrons. The molecule has 5 rings (SSSR count). The number of carbonyl (C=O) groups is 2. The number of nitrogens with one attached hydrogen (secondary N) is 1. The number of aliphatic hydroxyl groups excluding tert-OH is 2. The number of Topliss-reactive ketones (excluding diaryl/α,β-unsaturated/α-hetero) is 1. The molecule has 6 N–H and O–H groups in total. The van der Waals surface area contributed by atoms with Crippen LogP contribution in [0.3, 0.4) is 0 Å². The van der Waals surface area contributed by atoms with Crippen LogP contribution in [-0.2, 0) is 27.3 Å². The number of aliphatic hydroxyl groups is 2. The van der Waals surface area contributed by atoms with E-state index in [0.29, 0.717) is 11.1 Å². The van der Waals surface area contributed by atoms with Crippen LogP contribution in [-0.4, -0.2) is 64.3 Å². The third-order valence-corrected chi connectivity index (χ3v) is 7.57. The molecule has 4 aliphatic rings. The number of fused-ring (bicyclic) bond motifs is 2. The lowest BCUT2D eigenvalue weighted by atomic mass is 9.56. The second-order valence-electron chi connectivity index (χ2n) is 9.55. The molecule has 0 aromatic heterocycles. The average Bonchev–Trinajstić information content (AvgIpc) is 2.76. The normalized spacial score (nSPS) is 28.7. The number of allylic oxidation sites excluding steroid dienone is 1. The van der Waals surface area contributed by atoms with Crippen LogP contribution >= 0.6 is 0 Å². The Bertz CT molecular complexity index is 1270. The fourth-order valence-corrected chi connectivity index (χ4v) is 6.18. The molecule has 0 saturated carbocycles. The zero-order valence-corrected chi connectivity index (χ0v) is 19.4. The van der Waals surface area contributed by atoms with E-state index in [1.807, 2.05) is 0 Å². The summed E-state index contributed by atoms with van der Waals surface area (Å²) >= 11 is 0. The van der Waals surface area contributed by atoms with Gasteiger partial charge in [0.05, 0.1) is 29.0 Å². The number of halogens is 2. The molecule has 192 valence electrons. The summed E-state index contributed by atoms with van der Waals surface area (Å²) < 4.78 is 30.6. The van der Waals surface area contributed by atoms with Gasteiger partial charge in [-0.25, -0.2) is 4.84 Å². The number of aromatic hydroxyl groups is 1. The van der Waals surface area contributed by atoms with Crippen LogP contribution in [0.2, 0.25) is 0 Å². The van der Waals surface area contributed by atoms with Crippen molar-refractivity contribution >= 4 is 11.7 Å². The molecule has 12 heteroatoms. The summed E-state index contributed by atoms with van der Waals surface area (Å²) in [5.41, 5.74) is 7.11. The van der Waals surface area contributed by atoms with Crippen LogP contribution in [0.5, 0.6) is 5.75 Å². The molecule has 1 aromatic rings. The van der Waals surface area contributed by atoms with E-state index in [0.717, 1.165) is 0 Å². The SMILES string of the molecule is CN(C)[C@@H]1C(O)=C(C(N)=O)C2=CO[C@@]23C(O)=C2C(=O)c4c(O)ccc(CNOC(F)F)c4C[C@H]2C[C@@H]13. The maximum absolute atomic E-state index is 13.7. The Morgan fingerprint density at radius 1 is 1.33 bits per heavy atom. The number of alkyl halides is 2. The topological polar surface area (TPSA) is 155 Å². The van der Waals surface area contributed by atoms with Gasteiger partial charge < -0.3 is 25.8 Å². The first-order valence-corrected chi connectivity index (χ1v) is 11.3. The molecule has 0 unspecified atom stereocenters. The van der Waals surface area contributed by atoms with Crippen molar-refractivity contribution in [2.45, 2.75) is 37.6 Å². The predicted molar refractivity (Wildman–Crippen MR) is 120 cm³/mol. The van der Waals surface area contributed by atoms with Gasteiger partial charge in [0.15, 0.2) is 11.4 Å². The molecule has 1 aliphatic heterocycles. The van der Waals surface area contributed by atoms with Gasteiger partial charge in [-0.3, -0.25) is 14.5 Å². The van der Waals surface area contributed by atoms with Crippen molar-refractivity contribution in [3.05, 3.63) is 63.3 Å². The number of nitrogens with two attached hydrogens (primary N) is 1. The van der Waals surface area contributed by atoms with Gasteiger partial charge in [-0.05, 0) is 50.0 Å². The number of hydroxylamine groups is 1. The summed E-state index contributed by atoms with van der Waals surface area (Å²) in [4.78, 5) is 31.7. The Morgan fingerprint density at radius 2 is 2.06 bits per heavy atom. The van der Waals surface area contributed by atoms with Crippen LogP contribution in [0.1, 0.15) is 27.9 Å². The van der Waals surface area contributed by atoms with Crippen LogP contribution in [0.15, 0.2) is 46.6 Å². The number of nitrogens with zero attached hydrogens (tertiary/aromatic N) is 1. The third-order valence-electron chi connectivity index (χ3n) is 7.57. The Labute approximate surface area is 204 Å². The third kappa shape index (κ3) is 3.18. The monoisotopic (exact) mass is 505 g/mol. The number of benzene rings is 1. The lowest BCUT2D eigenvalue weighted by molar-refractivity contribution is -0.175. The van der Waals surface area contributed by atoms with Crippen molar-refractivity contribution in [3.8, 4) is 5.75 Å². The summed E-state index contributed by atoms with van der Waals surface area (Å²) in [6, 6.07) is 2.03. The number of carbonyl (C=O) groups excluding carboxylic acids is 2. The van der Waals surface area contributed by atoms with Crippen molar-refractivity contribution in [2.75, 3.05) is 14.1 Å². The molecule has 1 amide bonds. The first-order valence-electron chi connectivity index (χ1n) is 11.3. The van der Waals surface area contributed by atoms with Crippen molar-refractivity contribution < 1.29 is 43.3 Å². The highest BCUT2D eigenvalue weighted by Crippen LogP contribution is 2.60. The molecule has 4 atom stereocenters. The molecule has 1 spiro atoms. The molecule has 10 nitrogen and oxygen atoms in total. The van der Waals surface area contributed by atoms with Gasteiger partial charge in [0.2, 0.25) is 0 Å². The number of likely N-dealkylation sites (N-methyl/N-ethyl adjacent to an activating group) is 1. The van der Waals surface area contributed by atoms with Gasteiger partial charge in [-0.2, -0.15) is 14.3 Å². The second-order valence-corrected chi connectivity index (χ2v) is 9.55. The molecule has 3 aliphatic carbocycles. The maximum Gasteiger partial charge on any atom is 0.360 e. The minimum Gasteiger partial charge on any atom is -0.510 e. The molecule has 0 saturated heterocycles. The minimum absolute atomic E-state index is 0.0382. The van der Waals surface area contributed by atoms with Crippen molar-refractivity contribution in [2.24, 2.45) is 17.6 Å². The summed E-state index contributed by atoms with van der Waals surface area (Å²) in [7, 11) is 3.39. The largest absolute Gasteiger partial charge is 0.510 e. The number of phenolic OH excluding ortho intramolecular Hbond substituents is 1. The smallest absolute Gasteiger partial charge is 0.360 e. The van der Waals surface area contributed by atoms with Crippen molar-refractivity contribution in [1.82, 2.24) is 10.4 Å². The van der Waals surface area contributed by atoms with E-state index < -0.39 is 41.8 Å². The first kappa shape index (κ1) is 24.2. The Kier molecular flexibility index (Phi) is 5.58. The van der Waals surface area contributed by atoms with Crippen LogP contribution in [0.25, 0.3) is 0 Å². The van der Waals surface area contributed by atoms with E-state index >= 15 is 0 Å². The van der Waals surface area contributed by atoms with Gasteiger partial charge >= 0.3 is 6.61 Å². The number of ketones is 1. The van der Waals surface area contributed by atoms with Gasteiger partial charge in [0, 0.05) is 18.0 Å². The lowest BCUT2D eigenvalue weighted by Gasteiger charge is -2.57. The molecular weight excluding hydrogens is 480 g/mol. The zero-order chi connectivity index (χ0) is 26.1. The van der Waals surface area contributed by atoms with E-state index in [9.17, 15) is 33.7 Å². The fraction of sp³-hybridized carbons (Fsp3) is 0.417. The van der Waals surface area contributed by atoms with E-state index in [1.165, 1.54) is 18.4 Å². The molecule has 1 aromatic carbocycles.